The van der Waals surface area contributed by atoms with Crippen LogP contribution in [0.4, 0.5) is 0 Å². The van der Waals surface area contributed by atoms with E-state index in [4.69, 9.17) is 9.15 Å². The molecule has 0 bridgehead atoms. The maximum absolute atomic E-state index is 12.6. The molecule has 7 nitrogen and oxygen atoms in total. The molecule has 28 heavy (non-hydrogen) atoms. The highest BCUT2D eigenvalue weighted by atomic mass is 32.2. The number of carbonyl (C=O) groups excluding carboxylic acids is 1. The smallest absolute Gasteiger partial charge is 0.336 e. The monoisotopic (exact) mass is 407 g/mol. The molecular formula is C20H25NO6S. The minimum absolute atomic E-state index is 0.0148. The maximum Gasteiger partial charge on any atom is 0.336 e. The number of fused-ring (bicyclic) bond motifs is 1. The van der Waals surface area contributed by atoms with Crippen molar-refractivity contribution in [2.75, 3.05) is 12.3 Å². The second-order valence-electron chi connectivity index (χ2n) is 6.97. The van der Waals surface area contributed by atoms with Crippen molar-refractivity contribution in [3.05, 3.63) is 45.8 Å². The van der Waals surface area contributed by atoms with Gasteiger partial charge in [0, 0.05) is 23.6 Å². The zero-order valence-electron chi connectivity index (χ0n) is 16.1. The van der Waals surface area contributed by atoms with Gasteiger partial charge in [0.1, 0.15) is 18.2 Å². The topological polar surface area (TPSA) is 93.9 Å². The fourth-order valence-electron chi connectivity index (χ4n) is 3.54. The molecule has 1 saturated heterocycles. The quantitative estimate of drug-likeness (QED) is 0.517. The summed E-state index contributed by atoms with van der Waals surface area (Å²) in [7, 11) is -3.47. The summed E-state index contributed by atoms with van der Waals surface area (Å²) in [5.41, 5.74) is 1.52. The highest BCUT2D eigenvalue weighted by Crippen LogP contribution is 2.24. The van der Waals surface area contributed by atoms with Crippen molar-refractivity contribution < 1.29 is 22.4 Å². The van der Waals surface area contributed by atoms with Gasteiger partial charge in [0.05, 0.1) is 5.75 Å². The molecule has 3 rings (SSSR count). The van der Waals surface area contributed by atoms with Gasteiger partial charge in [0.15, 0.2) is 0 Å². The Kier molecular flexibility index (Phi) is 6.20. The Bertz CT molecular complexity index is 1030. The van der Waals surface area contributed by atoms with Crippen LogP contribution < -0.4 is 5.63 Å². The van der Waals surface area contributed by atoms with Crippen LogP contribution in [0.2, 0.25) is 0 Å². The molecule has 8 heteroatoms. The molecule has 1 fully saturated rings. The highest BCUT2D eigenvalue weighted by Gasteiger charge is 2.39. The lowest BCUT2D eigenvalue weighted by atomic mass is 10.1. The van der Waals surface area contributed by atoms with Crippen molar-refractivity contribution >= 4 is 27.0 Å². The van der Waals surface area contributed by atoms with Crippen LogP contribution in [0.15, 0.2) is 33.5 Å². The molecule has 2 heterocycles. The van der Waals surface area contributed by atoms with Crippen LogP contribution in [0.3, 0.4) is 0 Å². The Morgan fingerprint density at radius 2 is 2.07 bits per heavy atom. The van der Waals surface area contributed by atoms with Crippen LogP contribution in [0.5, 0.6) is 0 Å². The highest BCUT2D eigenvalue weighted by molar-refractivity contribution is 7.89. The fraction of sp³-hybridized carbons (Fsp3) is 0.500. The summed E-state index contributed by atoms with van der Waals surface area (Å²) < 4.78 is 36.7. The Morgan fingerprint density at radius 1 is 1.29 bits per heavy atom. The Hall–Kier alpha value is -2.19. The molecule has 1 aromatic heterocycles. The predicted octanol–water partition coefficient (Wildman–Crippen LogP) is 2.60. The molecular weight excluding hydrogens is 382 g/mol. The van der Waals surface area contributed by atoms with E-state index in [1.54, 1.807) is 13.0 Å². The zero-order valence-corrected chi connectivity index (χ0v) is 17.0. The molecule has 1 aliphatic rings. The Labute approximate surface area is 164 Å². The SMILES string of the molecule is CCCS(=O)(=O)N1CCC[C@@H]1C(=O)OCc1cc(=O)oc2cc(CC)ccc12. The van der Waals surface area contributed by atoms with E-state index >= 15 is 0 Å². The third kappa shape index (κ3) is 4.28. The maximum atomic E-state index is 12.6. The lowest BCUT2D eigenvalue weighted by Gasteiger charge is -2.22. The largest absolute Gasteiger partial charge is 0.460 e. The molecule has 0 radical (unpaired) electrons. The van der Waals surface area contributed by atoms with Crippen molar-refractivity contribution in [1.82, 2.24) is 4.31 Å². The number of esters is 1. The first-order valence-electron chi connectivity index (χ1n) is 9.57. The van der Waals surface area contributed by atoms with Crippen LogP contribution in [0.1, 0.15) is 44.2 Å². The van der Waals surface area contributed by atoms with Gasteiger partial charge in [-0.3, -0.25) is 4.79 Å². The summed E-state index contributed by atoms with van der Waals surface area (Å²) in [5, 5.41) is 0.700. The number of rotatable bonds is 7. The van der Waals surface area contributed by atoms with Gasteiger partial charge in [-0.15, -0.1) is 0 Å². The van der Waals surface area contributed by atoms with E-state index < -0.39 is 27.7 Å². The number of carbonyl (C=O) groups is 1. The summed E-state index contributed by atoms with van der Waals surface area (Å²) in [5.74, 6) is -0.565. The zero-order chi connectivity index (χ0) is 20.3. The van der Waals surface area contributed by atoms with Crippen molar-refractivity contribution in [3.8, 4) is 0 Å². The lowest BCUT2D eigenvalue weighted by Crippen LogP contribution is -2.42. The molecule has 2 aromatic rings. The minimum Gasteiger partial charge on any atom is -0.460 e. The molecule has 0 aliphatic carbocycles. The Morgan fingerprint density at radius 3 is 2.79 bits per heavy atom. The summed E-state index contributed by atoms with van der Waals surface area (Å²) in [6, 6.07) is 6.09. The number of hydrogen-bond donors (Lipinski definition) is 0. The third-order valence-corrected chi connectivity index (χ3v) is 7.04. The van der Waals surface area contributed by atoms with Gasteiger partial charge < -0.3 is 9.15 Å². The van der Waals surface area contributed by atoms with E-state index in [2.05, 4.69) is 0 Å². The van der Waals surface area contributed by atoms with Gasteiger partial charge in [-0.1, -0.05) is 26.0 Å². The van der Waals surface area contributed by atoms with E-state index in [1.807, 2.05) is 19.1 Å². The molecule has 0 saturated carbocycles. The van der Waals surface area contributed by atoms with Crippen LogP contribution in [-0.4, -0.2) is 37.0 Å². The van der Waals surface area contributed by atoms with Crippen molar-refractivity contribution in [3.63, 3.8) is 0 Å². The molecule has 0 amide bonds. The van der Waals surface area contributed by atoms with Gasteiger partial charge in [0.25, 0.3) is 0 Å². The second kappa shape index (κ2) is 8.45. The number of ether oxygens (including phenoxy) is 1. The number of benzene rings is 1. The van der Waals surface area contributed by atoms with Crippen LogP contribution >= 0.6 is 0 Å². The van der Waals surface area contributed by atoms with E-state index in [0.29, 0.717) is 42.3 Å². The first-order valence-corrected chi connectivity index (χ1v) is 11.2. The molecule has 0 unspecified atom stereocenters. The average Bonchev–Trinajstić information content (AvgIpc) is 3.16. The normalized spacial score (nSPS) is 17.9. The summed E-state index contributed by atoms with van der Waals surface area (Å²) in [6.07, 6.45) is 2.37. The molecule has 0 N–H and O–H groups in total. The van der Waals surface area contributed by atoms with Crippen molar-refractivity contribution in [2.24, 2.45) is 0 Å². The van der Waals surface area contributed by atoms with E-state index in [9.17, 15) is 18.0 Å². The van der Waals surface area contributed by atoms with Crippen LogP contribution in [-0.2, 0) is 32.6 Å². The predicted molar refractivity (Wildman–Crippen MR) is 105 cm³/mol. The third-order valence-electron chi connectivity index (χ3n) is 4.97. The van der Waals surface area contributed by atoms with Gasteiger partial charge >= 0.3 is 11.6 Å². The molecule has 1 aromatic carbocycles. The molecule has 0 spiro atoms. The summed E-state index contributed by atoms with van der Waals surface area (Å²) in [4.78, 5) is 24.4. The second-order valence-corrected chi connectivity index (χ2v) is 9.01. The van der Waals surface area contributed by atoms with Gasteiger partial charge in [0.2, 0.25) is 10.0 Å². The average molecular weight is 407 g/mol. The first-order chi connectivity index (χ1) is 13.4. The Balaban J connectivity index is 1.78. The minimum atomic E-state index is -3.47. The number of sulfonamides is 1. The fourth-order valence-corrected chi connectivity index (χ4v) is 5.28. The number of hydrogen-bond acceptors (Lipinski definition) is 6. The standard InChI is InChI=1S/C20H25NO6S/c1-3-10-28(24,25)21-9-5-6-17(21)20(23)26-13-15-12-19(22)27-18-11-14(4-2)7-8-16(15)18/h7-8,11-12,17H,3-6,9-10,13H2,1-2H3/t17-/m1/s1. The van der Waals surface area contributed by atoms with Crippen LogP contribution in [0, 0.1) is 0 Å². The van der Waals surface area contributed by atoms with Crippen molar-refractivity contribution in [1.29, 1.82) is 0 Å². The molecule has 152 valence electrons. The van der Waals surface area contributed by atoms with E-state index in [1.165, 1.54) is 10.4 Å². The molecule has 1 aliphatic heterocycles. The van der Waals surface area contributed by atoms with Crippen LogP contribution in [0.25, 0.3) is 11.0 Å². The number of nitrogens with zero attached hydrogens (tertiary/aromatic N) is 1. The number of aryl methyl sites for hydroxylation is 1. The first kappa shape index (κ1) is 20.5. The van der Waals surface area contributed by atoms with Crippen molar-refractivity contribution in [2.45, 2.75) is 52.2 Å². The lowest BCUT2D eigenvalue weighted by molar-refractivity contribution is -0.148. The van der Waals surface area contributed by atoms with E-state index in [-0.39, 0.29) is 12.4 Å². The van der Waals surface area contributed by atoms with Gasteiger partial charge in [-0.2, -0.15) is 4.31 Å². The summed E-state index contributed by atoms with van der Waals surface area (Å²) >= 11 is 0. The van der Waals surface area contributed by atoms with Gasteiger partial charge in [-0.25, -0.2) is 13.2 Å². The van der Waals surface area contributed by atoms with E-state index in [0.717, 1.165) is 12.0 Å². The van der Waals surface area contributed by atoms with Gasteiger partial charge in [-0.05, 0) is 37.3 Å². The molecule has 1 atom stereocenters. The summed E-state index contributed by atoms with van der Waals surface area (Å²) in [6.45, 7) is 4.02.